The standard InChI is InChI=1S/C16H21N3.2ClH/c1-13(2)11-16(19-9-7-18-8-10-19)15-6-4-3-5-14(15)12-17;;/h3-6,16,18H,1,7-11H2,2H3;2*1H/t16-;;/m0../s1. The summed E-state index contributed by atoms with van der Waals surface area (Å²) in [6.07, 6.45) is 0.915. The SMILES string of the molecule is C=C(C)C[C@@H](c1ccccc1C#N)N1CCNCC1.Cl.Cl. The molecular weight excluding hydrogens is 305 g/mol. The van der Waals surface area contributed by atoms with Crippen molar-refractivity contribution in [1.29, 1.82) is 5.26 Å². The predicted molar refractivity (Wildman–Crippen MR) is 92.3 cm³/mol. The zero-order valence-electron chi connectivity index (χ0n) is 12.3. The van der Waals surface area contributed by atoms with Crippen LogP contribution in [0.25, 0.3) is 0 Å². The molecule has 0 spiro atoms. The van der Waals surface area contributed by atoms with E-state index < -0.39 is 0 Å². The molecule has 5 heteroatoms. The van der Waals surface area contributed by atoms with Crippen LogP contribution in [0.4, 0.5) is 0 Å². The number of nitriles is 1. The normalized spacial score (nSPS) is 16.0. The van der Waals surface area contributed by atoms with Gasteiger partial charge >= 0.3 is 0 Å². The Morgan fingerprint density at radius 3 is 2.52 bits per heavy atom. The highest BCUT2D eigenvalue weighted by molar-refractivity contribution is 5.85. The van der Waals surface area contributed by atoms with Crippen molar-refractivity contribution in [1.82, 2.24) is 10.2 Å². The van der Waals surface area contributed by atoms with Crippen LogP contribution in [0.5, 0.6) is 0 Å². The number of hydrogen-bond donors (Lipinski definition) is 1. The second kappa shape index (κ2) is 9.81. The number of rotatable bonds is 4. The van der Waals surface area contributed by atoms with Crippen molar-refractivity contribution in [2.75, 3.05) is 26.2 Å². The van der Waals surface area contributed by atoms with Crippen LogP contribution in [0.2, 0.25) is 0 Å². The average molecular weight is 328 g/mol. The highest BCUT2D eigenvalue weighted by atomic mass is 35.5. The van der Waals surface area contributed by atoms with Crippen LogP contribution < -0.4 is 5.32 Å². The van der Waals surface area contributed by atoms with Crippen LogP contribution in [0.1, 0.15) is 30.5 Å². The van der Waals surface area contributed by atoms with Gasteiger partial charge in [0.05, 0.1) is 11.6 Å². The van der Waals surface area contributed by atoms with Crippen molar-refractivity contribution in [2.45, 2.75) is 19.4 Å². The zero-order chi connectivity index (χ0) is 13.7. The first kappa shape index (κ1) is 19.9. The number of halogens is 2. The first-order valence-corrected chi connectivity index (χ1v) is 6.80. The lowest BCUT2D eigenvalue weighted by Crippen LogP contribution is -2.45. The maximum absolute atomic E-state index is 9.30. The molecule has 0 bridgehead atoms. The highest BCUT2D eigenvalue weighted by Crippen LogP contribution is 2.29. The molecule has 21 heavy (non-hydrogen) atoms. The van der Waals surface area contributed by atoms with E-state index in [0.29, 0.717) is 0 Å². The second-order valence-electron chi connectivity index (χ2n) is 5.16. The summed E-state index contributed by atoms with van der Waals surface area (Å²) in [4.78, 5) is 2.46. The summed E-state index contributed by atoms with van der Waals surface area (Å²) in [7, 11) is 0. The minimum atomic E-state index is 0. The van der Waals surface area contributed by atoms with Gasteiger partial charge in [-0.25, -0.2) is 0 Å². The number of benzene rings is 1. The Bertz CT molecular complexity index is 491. The van der Waals surface area contributed by atoms with Gasteiger partial charge in [-0.3, -0.25) is 4.90 Å². The fraction of sp³-hybridized carbons (Fsp3) is 0.438. The van der Waals surface area contributed by atoms with Gasteiger partial charge in [0.2, 0.25) is 0 Å². The van der Waals surface area contributed by atoms with Gasteiger partial charge < -0.3 is 5.32 Å². The molecule has 1 aromatic rings. The van der Waals surface area contributed by atoms with Crippen LogP contribution in [0, 0.1) is 11.3 Å². The smallest absolute Gasteiger partial charge is 0.0995 e. The van der Waals surface area contributed by atoms with E-state index in [1.165, 1.54) is 0 Å². The van der Waals surface area contributed by atoms with Crippen LogP contribution >= 0.6 is 24.8 Å². The summed E-state index contributed by atoms with van der Waals surface area (Å²) < 4.78 is 0. The van der Waals surface area contributed by atoms with Gasteiger partial charge in [-0.15, -0.1) is 31.4 Å². The maximum Gasteiger partial charge on any atom is 0.0995 e. The fourth-order valence-corrected chi connectivity index (χ4v) is 2.65. The lowest BCUT2D eigenvalue weighted by molar-refractivity contribution is 0.172. The summed E-state index contributed by atoms with van der Waals surface area (Å²) >= 11 is 0. The number of nitrogens with one attached hydrogen (secondary N) is 1. The Kier molecular flexibility index (Phi) is 9.32. The van der Waals surface area contributed by atoms with Crippen LogP contribution in [-0.4, -0.2) is 31.1 Å². The molecule has 0 unspecified atom stereocenters. The molecule has 0 radical (unpaired) electrons. The van der Waals surface area contributed by atoms with E-state index in [1.54, 1.807) is 0 Å². The molecule has 0 amide bonds. The van der Waals surface area contributed by atoms with Gasteiger partial charge in [-0.1, -0.05) is 23.8 Å². The van der Waals surface area contributed by atoms with Gasteiger partial charge in [0, 0.05) is 32.2 Å². The van der Waals surface area contributed by atoms with E-state index in [2.05, 4.69) is 35.9 Å². The largest absolute Gasteiger partial charge is 0.314 e. The van der Waals surface area contributed by atoms with Gasteiger partial charge in [-0.2, -0.15) is 5.26 Å². The quantitative estimate of drug-likeness (QED) is 0.862. The van der Waals surface area contributed by atoms with E-state index in [1.807, 2.05) is 18.2 Å². The molecule has 0 aromatic heterocycles. The highest BCUT2D eigenvalue weighted by Gasteiger charge is 2.23. The monoisotopic (exact) mass is 327 g/mol. The molecule has 1 heterocycles. The molecule has 1 aliphatic rings. The average Bonchev–Trinajstić information content (AvgIpc) is 2.45. The summed E-state index contributed by atoms with van der Waals surface area (Å²) in [5.41, 5.74) is 3.08. The summed E-state index contributed by atoms with van der Waals surface area (Å²) in [5, 5.41) is 12.7. The molecule has 1 aromatic carbocycles. The third-order valence-corrected chi connectivity index (χ3v) is 3.57. The van der Waals surface area contributed by atoms with Crippen molar-refractivity contribution in [3.05, 3.63) is 47.5 Å². The summed E-state index contributed by atoms with van der Waals surface area (Å²) in [6.45, 7) is 10.2. The second-order valence-corrected chi connectivity index (χ2v) is 5.16. The first-order chi connectivity index (χ1) is 9.22. The minimum Gasteiger partial charge on any atom is -0.314 e. The third kappa shape index (κ3) is 5.33. The van der Waals surface area contributed by atoms with Crippen molar-refractivity contribution in [3.63, 3.8) is 0 Å². The van der Waals surface area contributed by atoms with Crippen molar-refractivity contribution >= 4 is 24.8 Å². The molecule has 1 atom stereocenters. The Balaban J connectivity index is 0.00000200. The van der Waals surface area contributed by atoms with Gasteiger partial charge in [0.25, 0.3) is 0 Å². The maximum atomic E-state index is 9.30. The molecule has 1 fully saturated rings. The van der Waals surface area contributed by atoms with Crippen LogP contribution in [-0.2, 0) is 0 Å². The lowest BCUT2D eigenvalue weighted by Gasteiger charge is -2.35. The van der Waals surface area contributed by atoms with Crippen molar-refractivity contribution in [2.24, 2.45) is 0 Å². The van der Waals surface area contributed by atoms with Gasteiger partial charge in [-0.05, 0) is 25.0 Å². The van der Waals surface area contributed by atoms with Gasteiger partial charge in [0.15, 0.2) is 0 Å². The molecule has 116 valence electrons. The molecule has 2 rings (SSSR count). The Labute approximate surface area is 139 Å². The molecule has 3 nitrogen and oxygen atoms in total. The van der Waals surface area contributed by atoms with Crippen LogP contribution in [0.3, 0.4) is 0 Å². The summed E-state index contributed by atoms with van der Waals surface area (Å²) in [5.74, 6) is 0. The zero-order valence-corrected chi connectivity index (χ0v) is 14.0. The Morgan fingerprint density at radius 2 is 1.95 bits per heavy atom. The molecule has 1 aliphatic heterocycles. The molecule has 1 N–H and O–H groups in total. The van der Waals surface area contributed by atoms with Crippen molar-refractivity contribution < 1.29 is 0 Å². The molecule has 1 saturated heterocycles. The van der Waals surface area contributed by atoms with E-state index in [-0.39, 0.29) is 30.9 Å². The number of nitrogens with zero attached hydrogens (tertiary/aromatic N) is 2. The minimum absolute atomic E-state index is 0. The summed E-state index contributed by atoms with van der Waals surface area (Å²) in [6, 6.07) is 10.5. The van der Waals surface area contributed by atoms with Gasteiger partial charge in [0.1, 0.15) is 0 Å². The van der Waals surface area contributed by atoms with E-state index >= 15 is 0 Å². The number of hydrogen-bond acceptors (Lipinski definition) is 3. The lowest BCUT2D eigenvalue weighted by atomic mass is 9.94. The first-order valence-electron chi connectivity index (χ1n) is 6.80. The Hall–Kier alpha value is -1.05. The van der Waals surface area contributed by atoms with Crippen molar-refractivity contribution in [3.8, 4) is 6.07 Å². The van der Waals surface area contributed by atoms with E-state index in [4.69, 9.17) is 0 Å². The number of piperazine rings is 1. The third-order valence-electron chi connectivity index (χ3n) is 3.57. The molecular formula is C16H23Cl2N3. The van der Waals surface area contributed by atoms with Crippen LogP contribution in [0.15, 0.2) is 36.4 Å². The topological polar surface area (TPSA) is 39.1 Å². The molecule has 0 aliphatic carbocycles. The molecule has 0 saturated carbocycles. The fourth-order valence-electron chi connectivity index (χ4n) is 2.65. The Morgan fingerprint density at radius 1 is 1.33 bits per heavy atom. The van der Waals surface area contributed by atoms with E-state index in [0.717, 1.165) is 49.3 Å². The predicted octanol–water partition coefficient (Wildman–Crippen LogP) is 3.31. The van der Waals surface area contributed by atoms with E-state index in [9.17, 15) is 5.26 Å².